The van der Waals surface area contributed by atoms with Crippen molar-refractivity contribution in [2.75, 3.05) is 28.9 Å². The van der Waals surface area contributed by atoms with Crippen molar-refractivity contribution in [3.63, 3.8) is 0 Å². The van der Waals surface area contributed by atoms with Crippen molar-refractivity contribution in [2.24, 2.45) is 11.8 Å². The molecule has 5 heteroatoms. The minimum Gasteiger partial charge on any atom is -0.229 e. The highest BCUT2D eigenvalue weighted by Gasteiger charge is 2.32. The Labute approximate surface area is 108 Å². The first-order valence-electron chi connectivity index (χ1n) is 5.93. The molecule has 2 atom stereocenters. The smallest absolute Gasteiger partial charge is 0.150 e. The van der Waals surface area contributed by atoms with E-state index < -0.39 is 9.84 Å². The summed E-state index contributed by atoms with van der Waals surface area (Å²) in [6.45, 7) is 2.16. The average molecular weight is 285 g/mol. The van der Waals surface area contributed by atoms with Crippen molar-refractivity contribution in [1.29, 1.82) is 0 Å². The Balaban J connectivity index is 2.31. The highest BCUT2D eigenvalue weighted by atomic mass is 35.5. The second-order valence-corrected chi connectivity index (χ2v) is 8.35. The quantitative estimate of drug-likeness (QED) is 0.533. The molecule has 0 N–H and O–H groups in total. The summed E-state index contributed by atoms with van der Waals surface area (Å²) in [5.74, 6) is 4.38. The lowest BCUT2D eigenvalue weighted by Gasteiger charge is -2.19. The van der Waals surface area contributed by atoms with Crippen molar-refractivity contribution in [3.05, 3.63) is 0 Å². The average Bonchev–Trinajstić information content (AvgIpc) is 2.59. The number of alkyl halides is 1. The third kappa shape index (κ3) is 4.84. The van der Waals surface area contributed by atoms with Crippen LogP contribution in [0.2, 0.25) is 0 Å². The Morgan fingerprint density at radius 3 is 2.75 bits per heavy atom. The van der Waals surface area contributed by atoms with Crippen molar-refractivity contribution in [3.8, 4) is 0 Å². The largest absolute Gasteiger partial charge is 0.229 e. The third-order valence-corrected chi connectivity index (χ3v) is 6.38. The SMILES string of the molecule is CCSCCCC(CCl)C1CCS(=O)(=O)C1. The van der Waals surface area contributed by atoms with Crippen LogP contribution >= 0.6 is 23.4 Å². The molecule has 0 aromatic rings. The van der Waals surface area contributed by atoms with Crippen molar-refractivity contribution < 1.29 is 8.42 Å². The molecular formula is C11H21ClO2S2. The van der Waals surface area contributed by atoms with Crippen LogP contribution in [-0.4, -0.2) is 37.3 Å². The zero-order valence-corrected chi connectivity index (χ0v) is 12.2. The molecule has 1 aliphatic heterocycles. The maximum Gasteiger partial charge on any atom is 0.150 e. The fourth-order valence-corrected chi connectivity index (χ4v) is 5.21. The second-order valence-electron chi connectivity index (χ2n) is 4.42. The van der Waals surface area contributed by atoms with E-state index in [2.05, 4.69) is 6.92 Å². The van der Waals surface area contributed by atoms with E-state index in [1.165, 1.54) is 5.75 Å². The molecule has 16 heavy (non-hydrogen) atoms. The number of halogens is 1. The first kappa shape index (κ1) is 14.7. The Bertz CT molecular complexity index is 290. The first-order chi connectivity index (χ1) is 7.59. The van der Waals surface area contributed by atoms with E-state index in [9.17, 15) is 8.42 Å². The zero-order valence-electron chi connectivity index (χ0n) is 9.82. The molecule has 0 aliphatic carbocycles. The summed E-state index contributed by atoms with van der Waals surface area (Å²) in [5, 5.41) is 0. The van der Waals surface area contributed by atoms with Crippen molar-refractivity contribution in [1.82, 2.24) is 0 Å². The van der Waals surface area contributed by atoms with Gasteiger partial charge in [-0.15, -0.1) is 11.6 Å². The lowest BCUT2D eigenvalue weighted by atomic mass is 9.90. The molecule has 1 aliphatic rings. The number of rotatable bonds is 7. The summed E-state index contributed by atoms with van der Waals surface area (Å²) in [6, 6.07) is 0. The Morgan fingerprint density at radius 2 is 2.25 bits per heavy atom. The highest BCUT2D eigenvalue weighted by Crippen LogP contribution is 2.30. The molecule has 1 fully saturated rings. The molecule has 0 aromatic carbocycles. The molecule has 1 heterocycles. The summed E-state index contributed by atoms with van der Waals surface area (Å²) in [6.07, 6.45) is 3.06. The highest BCUT2D eigenvalue weighted by molar-refractivity contribution is 7.99. The summed E-state index contributed by atoms with van der Waals surface area (Å²) in [5.41, 5.74) is 0. The minimum absolute atomic E-state index is 0.314. The monoisotopic (exact) mass is 284 g/mol. The summed E-state index contributed by atoms with van der Waals surface area (Å²) in [7, 11) is -2.75. The molecular weight excluding hydrogens is 264 g/mol. The van der Waals surface area contributed by atoms with Crippen LogP contribution in [0.4, 0.5) is 0 Å². The molecule has 0 spiro atoms. The molecule has 0 saturated carbocycles. The van der Waals surface area contributed by atoms with Gasteiger partial charge in [0, 0.05) is 5.88 Å². The number of hydrogen-bond donors (Lipinski definition) is 0. The van der Waals surface area contributed by atoms with Gasteiger partial charge in [-0.1, -0.05) is 6.92 Å². The lowest BCUT2D eigenvalue weighted by molar-refractivity contribution is 0.374. The molecule has 1 rings (SSSR count). The molecule has 0 radical (unpaired) electrons. The molecule has 2 unspecified atom stereocenters. The van der Waals surface area contributed by atoms with Gasteiger partial charge in [0.1, 0.15) is 0 Å². The topological polar surface area (TPSA) is 34.1 Å². The molecule has 0 amide bonds. The maximum absolute atomic E-state index is 11.4. The van der Waals surface area contributed by atoms with Crippen LogP contribution in [0.15, 0.2) is 0 Å². The van der Waals surface area contributed by atoms with Crippen LogP contribution in [0.5, 0.6) is 0 Å². The number of hydrogen-bond acceptors (Lipinski definition) is 3. The van der Waals surface area contributed by atoms with Gasteiger partial charge in [0.2, 0.25) is 0 Å². The number of sulfone groups is 1. The van der Waals surface area contributed by atoms with E-state index in [4.69, 9.17) is 11.6 Å². The summed E-state index contributed by atoms with van der Waals surface area (Å²) in [4.78, 5) is 0. The molecule has 96 valence electrons. The predicted molar refractivity (Wildman–Crippen MR) is 73.2 cm³/mol. The van der Waals surface area contributed by atoms with Crippen LogP contribution in [-0.2, 0) is 9.84 Å². The van der Waals surface area contributed by atoms with Gasteiger partial charge in [-0.05, 0) is 42.6 Å². The fraction of sp³-hybridized carbons (Fsp3) is 1.00. The molecule has 2 nitrogen and oxygen atoms in total. The molecule has 0 bridgehead atoms. The Kier molecular flexibility index (Phi) is 6.52. The van der Waals surface area contributed by atoms with Gasteiger partial charge < -0.3 is 0 Å². The van der Waals surface area contributed by atoms with Gasteiger partial charge in [0.25, 0.3) is 0 Å². The Morgan fingerprint density at radius 1 is 1.50 bits per heavy atom. The van der Waals surface area contributed by atoms with Crippen LogP contribution in [0, 0.1) is 11.8 Å². The second kappa shape index (κ2) is 7.12. The van der Waals surface area contributed by atoms with Gasteiger partial charge in [0.15, 0.2) is 9.84 Å². The van der Waals surface area contributed by atoms with Gasteiger partial charge >= 0.3 is 0 Å². The molecule has 1 saturated heterocycles. The summed E-state index contributed by atoms with van der Waals surface area (Å²) < 4.78 is 22.8. The standard InChI is InChI=1S/C11H21ClO2S2/c1-2-15-6-3-4-10(8-12)11-5-7-16(13,14)9-11/h10-11H,2-9H2,1H3. The minimum atomic E-state index is -2.75. The van der Waals surface area contributed by atoms with Crippen LogP contribution < -0.4 is 0 Å². The van der Waals surface area contributed by atoms with Crippen LogP contribution in [0.25, 0.3) is 0 Å². The normalized spacial score (nSPS) is 25.8. The van der Waals surface area contributed by atoms with E-state index in [1.807, 2.05) is 11.8 Å². The third-order valence-electron chi connectivity index (χ3n) is 3.20. The van der Waals surface area contributed by atoms with Crippen LogP contribution in [0.3, 0.4) is 0 Å². The molecule has 0 aromatic heterocycles. The van der Waals surface area contributed by atoms with E-state index in [-0.39, 0.29) is 0 Å². The zero-order chi connectivity index (χ0) is 12.0. The van der Waals surface area contributed by atoms with E-state index >= 15 is 0 Å². The Hall–Kier alpha value is 0.590. The predicted octanol–water partition coefficient (Wildman–Crippen LogP) is 2.81. The van der Waals surface area contributed by atoms with Crippen LogP contribution in [0.1, 0.15) is 26.2 Å². The summed E-state index contributed by atoms with van der Waals surface area (Å²) >= 11 is 7.89. The van der Waals surface area contributed by atoms with E-state index in [1.54, 1.807) is 0 Å². The lowest BCUT2D eigenvalue weighted by Crippen LogP contribution is -2.18. The van der Waals surface area contributed by atoms with Crippen molar-refractivity contribution in [2.45, 2.75) is 26.2 Å². The van der Waals surface area contributed by atoms with Gasteiger partial charge in [-0.25, -0.2) is 8.42 Å². The fourth-order valence-electron chi connectivity index (χ4n) is 2.23. The van der Waals surface area contributed by atoms with E-state index in [0.717, 1.165) is 25.0 Å². The maximum atomic E-state index is 11.4. The van der Waals surface area contributed by atoms with E-state index in [0.29, 0.717) is 29.2 Å². The first-order valence-corrected chi connectivity index (χ1v) is 9.44. The van der Waals surface area contributed by atoms with Gasteiger partial charge in [-0.3, -0.25) is 0 Å². The van der Waals surface area contributed by atoms with Gasteiger partial charge in [-0.2, -0.15) is 11.8 Å². The number of thioether (sulfide) groups is 1. The van der Waals surface area contributed by atoms with Gasteiger partial charge in [0.05, 0.1) is 11.5 Å². The van der Waals surface area contributed by atoms with Crippen molar-refractivity contribution >= 4 is 33.2 Å².